The minimum absolute atomic E-state index is 0.505. The van der Waals surface area contributed by atoms with E-state index in [4.69, 9.17) is 0 Å². The van der Waals surface area contributed by atoms with Gasteiger partial charge in [0, 0.05) is 0 Å². The molecule has 0 amide bonds. The number of hydrogen-bond donors (Lipinski definition) is 2. The summed E-state index contributed by atoms with van der Waals surface area (Å²) in [5, 5.41) is 18.9. The van der Waals surface area contributed by atoms with E-state index in [2.05, 4.69) is 0 Å². The highest BCUT2D eigenvalue weighted by molar-refractivity contribution is 4.83. The van der Waals surface area contributed by atoms with Gasteiger partial charge in [0.25, 0.3) is 0 Å². The van der Waals surface area contributed by atoms with Crippen molar-refractivity contribution in [2.75, 3.05) is 0 Å². The maximum atomic E-state index is 9.57. The van der Waals surface area contributed by atoms with Gasteiger partial charge in [-0.25, -0.2) is 0 Å². The molecule has 0 bridgehead atoms. The molecular weight excluding hydrogens is 128 g/mol. The highest BCUT2D eigenvalue weighted by Crippen LogP contribution is 2.26. The molecule has 0 aliphatic heterocycles. The Bertz CT molecular complexity index is 110. The molecule has 1 aliphatic carbocycles. The van der Waals surface area contributed by atoms with Crippen molar-refractivity contribution in [3.8, 4) is 0 Å². The van der Waals surface area contributed by atoms with Gasteiger partial charge in [-0.05, 0) is 19.8 Å². The van der Waals surface area contributed by atoms with Gasteiger partial charge in [-0.15, -0.1) is 0 Å². The summed E-state index contributed by atoms with van der Waals surface area (Å²) < 4.78 is 0. The van der Waals surface area contributed by atoms with Gasteiger partial charge in [0.05, 0.1) is 11.7 Å². The van der Waals surface area contributed by atoms with Crippen molar-refractivity contribution in [3.63, 3.8) is 0 Å². The van der Waals surface area contributed by atoms with Crippen molar-refractivity contribution in [1.82, 2.24) is 0 Å². The molecule has 2 atom stereocenters. The molecule has 0 aromatic heterocycles. The van der Waals surface area contributed by atoms with E-state index < -0.39 is 11.7 Å². The first kappa shape index (κ1) is 8.02. The summed E-state index contributed by atoms with van der Waals surface area (Å²) in [6, 6.07) is 0. The Balaban J connectivity index is 2.52. The Hall–Kier alpha value is -0.0800. The third-order valence-electron chi connectivity index (χ3n) is 2.38. The van der Waals surface area contributed by atoms with Crippen LogP contribution >= 0.6 is 0 Å². The minimum atomic E-state index is -0.823. The maximum absolute atomic E-state index is 9.57. The summed E-state index contributed by atoms with van der Waals surface area (Å²) in [6.07, 6.45) is 4.24. The van der Waals surface area contributed by atoms with E-state index in [9.17, 15) is 10.2 Å². The summed E-state index contributed by atoms with van der Waals surface area (Å²) in [6.45, 7) is 1.73. The fraction of sp³-hybridized carbons (Fsp3) is 1.00. The second kappa shape index (κ2) is 2.89. The standard InChI is InChI=1S/C8H16O2/c1-8(10)6-4-2-3-5-7(8)9/h7,9-10H,2-6H2,1H3. The summed E-state index contributed by atoms with van der Waals surface area (Å²) in [7, 11) is 0. The largest absolute Gasteiger partial charge is 0.390 e. The average Bonchev–Trinajstić information content (AvgIpc) is 1.96. The molecule has 1 fully saturated rings. The Kier molecular flexibility index (Phi) is 2.32. The van der Waals surface area contributed by atoms with Crippen LogP contribution in [0, 0.1) is 0 Å². The van der Waals surface area contributed by atoms with Gasteiger partial charge < -0.3 is 10.2 Å². The molecule has 2 heteroatoms. The minimum Gasteiger partial charge on any atom is -0.390 e. The zero-order valence-electron chi connectivity index (χ0n) is 6.51. The summed E-state index contributed by atoms with van der Waals surface area (Å²) in [5.74, 6) is 0. The van der Waals surface area contributed by atoms with Crippen molar-refractivity contribution in [1.29, 1.82) is 0 Å². The zero-order chi connectivity index (χ0) is 7.61. The van der Waals surface area contributed by atoms with Gasteiger partial charge in [0.15, 0.2) is 0 Å². The smallest absolute Gasteiger partial charge is 0.0877 e. The number of aliphatic hydroxyl groups excluding tert-OH is 1. The molecular formula is C8H16O2. The molecule has 2 nitrogen and oxygen atoms in total. The van der Waals surface area contributed by atoms with Crippen molar-refractivity contribution in [3.05, 3.63) is 0 Å². The Labute approximate surface area is 61.9 Å². The molecule has 1 aliphatic rings. The zero-order valence-corrected chi connectivity index (χ0v) is 6.51. The lowest BCUT2D eigenvalue weighted by Crippen LogP contribution is -2.37. The average molecular weight is 144 g/mol. The van der Waals surface area contributed by atoms with Crippen LogP contribution in [0.1, 0.15) is 39.0 Å². The number of rotatable bonds is 0. The van der Waals surface area contributed by atoms with E-state index in [0.717, 1.165) is 32.1 Å². The van der Waals surface area contributed by atoms with Crippen molar-refractivity contribution in [2.45, 2.75) is 50.7 Å². The van der Waals surface area contributed by atoms with Crippen LogP contribution in [0.25, 0.3) is 0 Å². The predicted molar refractivity (Wildman–Crippen MR) is 39.7 cm³/mol. The molecule has 2 N–H and O–H groups in total. The SMILES string of the molecule is CC1(O)CCCCCC1O. The molecule has 0 spiro atoms. The van der Waals surface area contributed by atoms with Crippen LogP contribution in [-0.4, -0.2) is 21.9 Å². The first-order chi connectivity index (χ1) is 4.63. The van der Waals surface area contributed by atoms with Gasteiger partial charge in [0.1, 0.15) is 0 Å². The van der Waals surface area contributed by atoms with Crippen molar-refractivity contribution in [2.24, 2.45) is 0 Å². The molecule has 10 heavy (non-hydrogen) atoms. The van der Waals surface area contributed by atoms with Crippen LogP contribution in [0.4, 0.5) is 0 Å². The van der Waals surface area contributed by atoms with E-state index in [0.29, 0.717) is 0 Å². The molecule has 60 valence electrons. The Morgan fingerprint density at radius 1 is 1.30 bits per heavy atom. The van der Waals surface area contributed by atoms with E-state index >= 15 is 0 Å². The molecule has 2 unspecified atom stereocenters. The summed E-state index contributed by atoms with van der Waals surface area (Å²) >= 11 is 0. The van der Waals surface area contributed by atoms with Crippen LogP contribution in [0.5, 0.6) is 0 Å². The van der Waals surface area contributed by atoms with Gasteiger partial charge in [-0.2, -0.15) is 0 Å². The van der Waals surface area contributed by atoms with Gasteiger partial charge in [-0.3, -0.25) is 0 Å². The quantitative estimate of drug-likeness (QED) is 0.499. The summed E-state index contributed by atoms with van der Waals surface area (Å²) in [4.78, 5) is 0. The second-order valence-electron chi connectivity index (χ2n) is 3.47. The lowest BCUT2D eigenvalue weighted by atomic mass is 9.94. The fourth-order valence-corrected chi connectivity index (χ4v) is 1.47. The van der Waals surface area contributed by atoms with Crippen LogP contribution in [-0.2, 0) is 0 Å². The molecule has 0 aromatic rings. The Morgan fingerprint density at radius 3 is 2.70 bits per heavy atom. The number of aliphatic hydroxyl groups is 2. The van der Waals surface area contributed by atoms with E-state index in [1.54, 1.807) is 6.92 Å². The molecule has 0 saturated heterocycles. The van der Waals surface area contributed by atoms with Gasteiger partial charge in [-0.1, -0.05) is 19.3 Å². The van der Waals surface area contributed by atoms with Gasteiger partial charge in [0.2, 0.25) is 0 Å². The van der Waals surface area contributed by atoms with E-state index in [1.807, 2.05) is 0 Å². The normalized spacial score (nSPS) is 42.9. The first-order valence-corrected chi connectivity index (χ1v) is 4.03. The first-order valence-electron chi connectivity index (χ1n) is 4.03. The lowest BCUT2D eigenvalue weighted by Gasteiger charge is -2.26. The third kappa shape index (κ3) is 1.70. The van der Waals surface area contributed by atoms with Crippen molar-refractivity contribution < 1.29 is 10.2 Å². The van der Waals surface area contributed by atoms with Crippen LogP contribution in [0.15, 0.2) is 0 Å². The van der Waals surface area contributed by atoms with Crippen LogP contribution in [0.3, 0.4) is 0 Å². The lowest BCUT2D eigenvalue weighted by molar-refractivity contribution is -0.0649. The second-order valence-corrected chi connectivity index (χ2v) is 3.47. The molecule has 1 saturated carbocycles. The maximum Gasteiger partial charge on any atom is 0.0877 e. The topological polar surface area (TPSA) is 40.5 Å². The van der Waals surface area contributed by atoms with E-state index in [1.165, 1.54) is 0 Å². The highest BCUT2D eigenvalue weighted by Gasteiger charge is 2.30. The third-order valence-corrected chi connectivity index (χ3v) is 2.38. The Morgan fingerprint density at radius 2 is 2.00 bits per heavy atom. The highest BCUT2D eigenvalue weighted by atomic mass is 16.3. The monoisotopic (exact) mass is 144 g/mol. The molecule has 1 rings (SSSR count). The molecule has 0 heterocycles. The van der Waals surface area contributed by atoms with Crippen LogP contribution < -0.4 is 0 Å². The molecule has 0 aromatic carbocycles. The fourth-order valence-electron chi connectivity index (χ4n) is 1.47. The van der Waals surface area contributed by atoms with Crippen LogP contribution in [0.2, 0.25) is 0 Å². The van der Waals surface area contributed by atoms with Crippen molar-refractivity contribution >= 4 is 0 Å². The number of hydrogen-bond acceptors (Lipinski definition) is 2. The molecule has 0 radical (unpaired) electrons. The predicted octanol–water partition coefficient (Wildman–Crippen LogP) is 1.06. The van der Waals surface area contributed by atoms with Gasteiger partial charge >= 0.3 is 0 Å². The van der Waals surface area contributed by atoms with E-state index in [-0.39, 0.29) is 0 Å². The summed E-state index contributed by atoms with van der Waals surface area (Å²) in [5.41, 5.74) is -0.823.